The topological polar surface area (TPSA) is 225 Å². The van der Waals surface area contributed by atoms with E-state index in [9.17, 15) is 22.9 Å². The summed E-state index contributed by atoms with van der Waals surface area (Å²) in [6.07, 6.45) is 8.15. The summed E-state index contributed by atoms with van der Waals surface area (Å²) in [6, 6.07) is 20.7. The van der Waals surface area contributed by atoms with Crippen LogP contribution in [0.4, 0.5) is 5.69 Å². The van der Waals surface area contributed by atoms with Crippen molar-refractivity contribution in [1.29, 1.82) is 0 Å². The summed E-state index contributed by atoms with van der Waals surface area (Å²) >= 11 is 0. The zero-order valence-electron chi connectivity index (χ0n) is 48.8. The van der Waals surface area contributed by atoms with Crippen LogP contribution in [-0.4, -0.2) is 203 Å². The molecule has 0 amide bonds. The van der Waals surface area contributed by atoms with Crippen molar-refractivity contribution >= 4 is 27.9 Å². The van der Waals surface area contributed by atoms with Crippen LogP contribution in [0.1, 0.15) is 56.2 Å². The maximum absolute atomic E-state index is 12.2. The van der Waals surface area contributed by atoms with Crippen LogP contribution in [0.2, 0.25) is 0 Å². The van der Waals surface area contributed by atoms with Gasteiger partial charge in [-0.3, -0.25) is 4.79 Å². The highest BCUT2D eigenvalue weighted by molar-refractivity contribution is 7.85. The molecule has 0 aromatic heterocycles. The Kier molecular flexibility index (Phi) is 32.1. The molecule has 21 heteroatoms. The Balaban J connectivity index is 1.30. The summed E-state index contributed by atoms with van der Waals surface area (Å²) in [5, 5.41) is 10.2. The maximum Gasteiger partial charge on any atom is 0.303 e. The lowest BCUT2D eigenvalue weighted by Gasteiger charge is -2.27. The van der Waals surface area contributed by atoms with Crippen molar-refractivity contribution in [2.75, 3.05) is 184 Å². The van der Waals surface area contributed by atoms with Crippen LogP contribution in [0.15, 0.2) is 93.9 Å². The lowest BCUT2D eigenvalue weighted by atomic mass is 9.83. The van der Waals surface area contributed by atoms with Crippen LogP contribution in [0.3, 0.4) is 0 Å². The van der Waals surface area contributed by atoms with Crippen molar-refractivity contribution < 1.29 is 84.1 Å². The summed E-state index contributed by atoms with van der Waals surface area (Å²) in [7, 11) is -1.43. The quantitative estimate of drug-likeness (QED) is 0.0272. The minimum absolute atomic E-state index is 0.0851. The van der Waals surface area contributed by atoms with Crippen LogP contribution in [0, 0.1) is 6.92 Å². The number of methoxy groups -OCH3 is 2. The van der Waals surface area contributed by atoms with Crippen LogP contribution in [0.5, 0.6) is 0 Å². The number of rotatable bonds is 46. The number of ether oxygens (including phenoxy) is 12. The number of nitrogens with zero attached hydrogens (tertiary/aromatic N) is 2. The highest BCUT2D eigenvalue weighted by Crippen LogP contribution is 2.49. The molecule has 2 aromatic carbocycles. The van der Waals surface area contributed by atoms with Crippen molar-refractivity contribution in [2.45, 2.75) is 56.8 Å². The summed E-state index contributed by atoms with van der Waals surface area (Å²) < 4.78 is 112. The number of aliphatic carboxylic acids is 1. The standard InChI is InChI=1S/C61H88N2O18S/c1-49-53(15-12-16-58-61(2,3)55-48-52(82(66,67)68)19-21-56(55)63(58)22-11-7-10-17-59(64)65)54-20-18-51(47-57(54)81-60(49)50-13-8-6-9-14-50)62(23-25-71-31-33-75-39-41-79-45-43-77-37-35-73-29-27-69-4)24-26-72-32-34-76-40-42-80-46-44-78-38-36-74-30-28-70-5/h6,8-9,12-16,18-21,47-48H,7,10-11,17,22-46H2,1-5H3,(H-,64,65,66,67,68). The second-order valence-corrected chi connectivity index (χ2v) is 21.0. The third kappa shape index (κ3) is 24.0. The Morgan fingerprint density at radius 1 is 0.634 bits per heavy atom. The summed E-state index contributed by atoms with van der Waals surface area (Å²) in [5.74, 6) is 0.556. The molecule has 20 nitrogen and oxygen atoms in total. The number of hydrogen-bond acceptors (Lipinski definition) is 18. The first-order valence-corrected chi connectivity index (χ1v) is 29.7. The molecule has 0 saturated carbocycles. The van der Waals surface area contributed by atoms with Crippen LogP contribution in [0.25, 0.3) is 28.7 Å². The number of carboxylic acid groups (broad SMARTS) is 1. The molecule has 2 aromatic rings. The van der Waals surface area contributed by atoms with Crippen molar-refractivity contribution in [1.82, 2.24) is 4.58 Å². The van der Waals surface area contributed by atoms with Crippen molar-refractivity contribution in [2.24, 2.45) is 0 Å². The van der Waals surface area contributed by atoms with Crippen LogP contribution < -0.4 is 14.8 Å². The molecule has 1 aliphatic carbocycles. The Morgan fingerprint density at radius 2 is 1.12 bits per heavy atom. The molecule has 0 spiro atoms. The maximum atomic E-state index is 12.2. The van der Waals surface area contributed by atoms with E-state index >= 15 is 0 Å². The van der Waals surface area contributed by atoms with Gasteiger partial charge in [0.25, 0.3) is 0 Å². The fraction of sp³-hybridized carbons (Fsp3) is 0.574. The second-order valence-electron chi connectivity index (χ2n) is 19.6. The van der Waals surface area contributed by atoms with E-state index in [1.54, 1.807) is 20.3 Å². The van der Waals surface area contributed by atoms with E-state index < -0.39 is 21.5 Å². The highest BCUT2D eigenvalue weighted by Gasteiger charge is 2.40. The predicted molar refractivity (Wildman–Crippen MR) is 310 cm³/mol. The van der Waals surface area contributed by atoms with Gasteiger partial charge in [0.1, 0.15) is 34.9 Å². The summed E-state index contributed by atoms with van der Waals surface area (Å²) in [4.78, 5) is 13.1. The molecule has 0 radical (unpaired) electrons. The molecular weight excluding hydrogens is 1080 g/mol. The molecule has 0 atom stereocenters. The van der Waals surface area contributed by atoms with Crippen molar-refractivity contribution in [3.8, 4) is 22.6 Å². The number of unbranched alkanes of at least 4 members (excludes halogenated alkanes) is 2. The molecule has 1 N–H and O–H groups in total. The Bertz CT molecular complexity index is 2620. The third-order valence-corrected chi connectivity index (χ3v) is 14.2. The predicted octanol–water partition coefficient (Wildman–Crippen LogP) is 6.83. The van der Waals surface area contributed by atoms with E-state index in [1.165, 1.54) is 12.1 Å². The molecule has 0 bridgehead atoms. The van der Waals surface area contributed by atoms with Crippen molar-refractivity contribution in [3.63, 3.8) is 0 Å². The number of carbonyl (C=O) groups is 1. The number of allylic oxidation sites excluding steroid dienone is 3. The zero-order chi connectivity index (χ0) is 58.7. The first-order chi connectivity index (χ1) is 39.9. The zero-order valence-corrected chi connectivity index (χ0v) is 49.6. The number of carboxylic acids is 1. The van der Waals surface area contributed by atoms with Gasteiger partial charge in [0.05, 0.1) is 143 Å². The van der Waals surface area contributed by atoms with Gasteiger partial charge in [0.2, 0.25) is 5.36 Å². The van der Waals surface area contributed by atoms with E-state index in [2.05, 4.69) is 33.8 Å². The Morgan fingerprint density at radius 3 is 1.60 bits per heavy atom. The third-order valence-electron chi connectivity index (χ3n) is 13.4. The van der Waals surface area contributed by atoms with Gasteiger partial charge in [-0.15, -0.1) is 0 Å². The number of fused-ring (bicyclic) bond motifs is 2. The van der Waals surface area contributed by atoms with Gasteiger partial charge in [-0.05, 0) is 61.2 Å². The normalized spacial score (nSPS) is 13.8. The van der Waals surface area contributed by atoms with Gasteiger partial charge in [-0.25, -0.2) is 13.0 Å². The van der Waals surface area contributed by atoms with Crippen LogP contribution in [-0.2, 0) is 77.2 Å². The Labute approximate surface area is 484 Å². The monoisotopic (exact) mass is 1170 g/mol. The molecule has 3 aliphatic rings. The molecule has 2 aliphatic heterocycles. The smallest absolute Gasteiger partial charge is 0.303 e. The van der Waals surface area contributed by atoms with E-state index in [-0.39, 0.29) is 11.3 Å². The summed E-state index contributed by atoms with van der Waals surface area (Å²) in [5.41, 5.74) is 5.47. The van der Waals surface area contributed by atoms with Gasteiger partial charge in [-0.1, -0.05) is 62.8 Å². The minimum atomic E-state index is -4.70. The van der Waals surface area contributed by atoms with Gasteiger partial charge >= 0.3 is 5.97 Å². The van der Waals surface area contributed by atoms with Gasteiger partial charge in [0, 0.05) is 66.7 Å². The Hall–Kier alpha value is -4.95. The molecule has 5 rings (SSSR count). The molecule has 0 fully saturated rings. The van der Waals surface area contributed by atoms with Crippen LogP contribution >= 0.6 is 0 Å². The summed E-state index contributed by atoms with van der Waals surface area (Å²) in [6.45, 7) is 18.1. The van der Waals surface area contributed by atoms with E-state index in [0.717, 1.165) is 50.3 Å². The lowest BCUT2D eigenvalue weighted by molar-refractivity contribution is -0.137. The number of benzene rings is 3. The second kappa shape index (κ2) is 38.8. The first kappa shape index (κ1) is 67.8. The average molecular weight is 1170 g/mol. The lowest BCUT2D eigenvalue weighted by Crippen LogP contribution is -2.36. The fourth-order valence-corrected chi connectivity index (χ4v) is 9.58. The van der Waals surface area contributed by atoms with Gasteiger partial charge in [0.15, 0.2) is 13.1 Å². The fourth-order valence-electron chi connectivity index (χ4n) is 9.08. The molecule has 456 valence electrons. The van der Waals surface area contributed by atoms with Gasteiger partial charge < -0.3 is 75.8 Å². The first-order valence-electron chi connectivity index (χ1n) is 28.3. The molecule has 82 heavy (non-hydrogen) atoms. The minimum Gasteiger partial charge on any atom is -0.744 e. The molecule has 0 unspecified atom stereocenters. The molecule has 2 heterocycles. The van der Waals surface area contributed by atoms with Gasteiger partial charge in [-0.2, -0.15) is 0 Å². The number of anilines is 1. The highest BCUT2D eigenvalue weighted by atomic mass is 32.2. The largest absolute Gasteiger partial charge is 0.744 e. The van der Waals surface area contributed by atoms with E-state index in [4.69, 9.17) is 61.3 Å². The molecule has 0 saturated heterocycles. The number of hydrogen-bond donors (Lipinski definition) is 1. The molecular formula is C61H88N2O18S. The van der Waals surface area contributed by atoms with Crippen molar-refractivity contribution in [3.05, 3.63) is 107 Å². The average Bonchev–Trinajstić information content (AvgIpc) is 3.95. The van der Waals surface area contributed by atoms with E-state index in [1.807, 2.05) is 63.3 Å². The van der Waals surface area contributed by atoms with E-state index in [0.29, 0.717) is 190 Å². The SMILES string of the molecule is COCCOCCOCCOCCOCCOCC[N+](CCOCCOCCOCCOCCOCCOC)=c1ccc2c(/C=C/C=C3\N(CCCCCC(=O)O)c4ccc(S(=O)(=O)[O-])cc4C3(C)C)c(C)c(-c3ccccc3)oc-2c1.